The van der Waals surface area contributed by atoms with Crippen molar-refractivity contribution in [2.75, 3.05) is 13.2 Å². The summed E-state index contributed by atoms with van der Waals surface area (Å²) in [6, 6.07) is 0. The van der Waals surface area contributed by atoms with Gasteiger partial charge >= 0.3 is 0 Å². The SMILES string of the molecule is CC[C@H]1C(=NOCCN)CC[C@@]2(C)C1C(=O)C[C@@H]1[C@@H]2CC[C@]2(C)C(=O)CC[C@@H]12. The molecule has 7 atom stereocenters. The Hall–Kier alpha value is -1.23. The Morgan fingerprint density at radius 3 is 2.64 bits per heavy atom. The highest BCUT2D eigenvalue weighted by Gasteiger charge is 2.63. The number of ketones is 2. The summed E-state index contributed by atoms with van der Waals surface area (Å²) in [6.45, 7) is 7.59. The molecule has 4 saturated carbocycles. The Kier molecular flexibility index (Phi) is 5.18. The van der Waals surface area contributed by atoms with Gasteiger partial charge in [0.1, 0.15) is 18.2 Å². The van der Waals surface area contributed by atoms with Crippen molar-refractivity contribution in [3.8, 4) is 0 Å². The number of carbonyl (C=O) groups is 2. The van der Waals surface area contributed by atoms with Crippen molar-refractivity contribution in [3.63, 3.8) is 0 Å². The van der Waals surface area contributed by atoms with Crippen LogP contribution in [0.5, 0.6) is 0 Å². The van der Waals surface area contributed by atoms with Gasteiger partial charge < -0.3 is 10.6 Å². The lowest BCUT2D eigenvalue weighted by atomic mass is 9.43. The molecule has 4 aliphatic rings. The van der Waals surface area contributed by atoms with Gasteiger partial charge in [0, 0.05) is 36.6 Å². The van der Waals surface area contributed by atoms with E-state index in [-0.39, 0.29) is 22.7 Å². The van der Waals surface area contributed by atoms with E-state index in [1.165, 1.54) is 0 Å². The van der Waals surface area contributed by atoms with Crippen LogP contribution in [0.15, 0.2) is 5.16 Å². The Morgan fingerprint density at radius 1 is 1.14 bits per heavy atom. The summed E-state index contributed by atoms with van der Waals surface area (Å²) in [5.41, 5.74) is 6.44. The van der Waals surface area contributed by atoms with Crippen molar-refractivity contribution in [1.29, 1.82) is 0 Å². The molecule has 0 aliphatic heterocycles. The Labute approximate surface area is 168 Å². The summed E-state index contributed by atoms with van der Waals surface area (Å²) >= 11 is 0. The van der Waals surface area contributed by atoms with Crippen LogP contribution in [0.25, 0.3) is 0 Å². The first kappa shape index (κ1) is 20.1. The highest BCUT2D eigenvalue weighted by Crippen LogP contribution is 2.65. The first-order valence-corrected chi connectivity index (χ1v) is 11.3. The highest BCUT2D eigenvalue weighted by molar-refractivity contribution is 5.95. The van der Waals surface area contributed by atoms with Gasteiger partial charge in [-0.3, -0.25) is 9.59 Å². The third kappa shape index (κ3) is 2.79. The van der Waals surface area contributed by atoms with Crippen LogP contribution in [-0.4, -0.2) is 30.4 Å². The average Bonchev–Trinajstić information content (AvgIpc) is 2.97. The summed E-state index contributed by atoms with van der Waals surface area (Å²) in [5.74, 6) is 2.44. The van der Waals surface area contributed by atoms with Gasteiger partial charge in [-0.15, -0.1) is 0 Å². The van der Waals surface area contributed by atoms with Crippen LogP contribution in [0.1, 0.15) is 72.1 Å². The molecule has 5 nitrogen and oxygen atoms in total. The number of rotatable bonds is 4. The van der Waals surface area contributed by atoms with Crippen LogP contribution in [0, 0.1) is 40.4 Å². The maximum atomic E-state index is 13.5. The van der Waals surface area contributed by atoms with Crippen LogP contribution in [0.3, 0.4) is 0 Å². The predicted octanol–water partition coefficient (Wildman–Crippen LogP) is 3.74. The van der Waals surface area contributed by atoms with Gasteiger partial charge in [0.25, 0.3) is 0 Å². The number of hydrogen-bond donors (Lipinski definition) is 1. The zero-order valence-corrected chi connectivity index (χ0v) is 17.7. The quantitative estimate of drug-likeness (QED) is 0.587. The molecule has 2 N–H and O–H groups in total. The lowest BCUT2D eigenvalue weighted by molar-refractivity contribution is -0.156. The highest BCUT2D eigenvalue weighted by atomic mass is 16.6. The fourth-order valence-corrected chi connectivity index (χ4v) is 7.69. The van der Waals surface area contributed by atoms with E-state index in [2.05, 4.69) is 25.9 Å². The number of hydrogen-bond acceptors (Lipinski definition) is 5. The molecule has 156 valence electrons. The van der Waals surface area contributed by atoms with E-state index in [1.807, 2.05) is 0 Å². The monoisotopic (exact) mass is 388 g/mol. The summed E-state index contributed by atoms with van der Waals surface area (Å²) in [4.78, 5) is 31.5. The lowest BCUT2D eigenvalue weighted by Gasteiger charge is -2.60. The van der Waals surface area contributed by atoms with Crippen LogP contribution in [0.4, 0.5) is 0 Å². The largest absolute Gasteiger partial charge is 0.394 e. The second-order valence-electron chi connectivity index (χ2n) is 10.2. The Bertz CT molecular complexity index is 689. The normalized spacial score (nSPS) is 46.9. The van der Waals surface area contributed by atoms with Crippen molar-refractivity contribution in [2.24, 2.45) is 51.3 Å². The first-order valence-electron chi connectivity index (χ1n) is 11.3. The van der Waals surface area contributed by atoms with Crippen molar-refractivity contribution < 1.29 is 14.4 Å². The maximum Gasteiger partial charge on any atom is 0.139 e. The summed E-state index contributed by atoms with van der Waals surface area (Å²) in [7, 11) is 0. The summed E-state index contributed by atoms with van der Waals surface area (Å²) in [5, 5.41) is 4.40. The average molecular weight is 389 g/mol. The molecule has 0 bridgehead atoms. The topological polar surface area (TPSA) is 81.8 Å². The van der Waals surface area contributed by atoms with E-state index in [0.717, 1.165) is 44.2 Å². The molecule has 4 rings (SSSR count). The third-order valence-corrected chi connectivity index (χ3v) is 9.07. The third-order valence-electron chi connectivity index (χ3n) is 9.07. The second-order valence-corrected chi connectivity index (χ2v) is 10.2. The zero-order chi connectivity index (χ0) is 20.1. The van der Waals surface area contributed by atoms with Gasteiger partial charge in [-0.1, -0.05) is 25.9 Å². The van der Waals surface area contributed by atoms with Crippen molar-refractivity contribution in [2.45, 2.75) is 72.1 Å². The fraction of sp³-hybridized carbons (Fsp3) is 0.870. The van der Waals surface area contributed by atoms with E-state index in [4.69, 9.17) is 10.6 Å². The molecule has 4 fully saturated rings. The number of Topliss-reactive ketones (excluding diaryl/α,β-unsaturated/α-hetero) is 2. The fourth-order valence-electron chi connectivity index (χ4n) is 7.69. The number of oxime groups is 1. The molecule has 28 heavy (non-hydrogen) atoms. The minimum atomic E-state index is -0.174. The van der Waals surface area contributed by atoms with Gasteiger partial charge in [-0.25, -0.2) is 0 Å². The molecule has 5 heteroatoms. The molecule has 0 spiro atoms. The van der Waals surface area contributed by atoms with Crippen molar-refractivity contribution in [3.05, 3.63) is 0 Å². The van der Waals surface area contributed by atoms with Gasteiger partial charge in [0.2, 0.25) is 0 Å². The lowest BCUT2D eigenvalue weighted by Crippen LogP contribution is -2.59. The zero-order valence-electron chi connectivity index (χ0n) is 17.7. The van der Waals surface area contributed by atoms with Gasteiger partial charge in [-0.05, 0) is 61.7 Å². The summed E-state index contributed by atoms with van der Waals surface area (Å²) < 4.78 is 0. The number of fused-ring (bicyclic) bond motifs is 5. The molecule has 0 amide bonds. The smallest absolute Gasteiger partial charge is 0.139 e. The summed E-state index contributed by atoms with van der Waals surface area (Å²) in [6.07, 6.45) is 7.30. The van der Waals surface area contributed by atoms with Gasteiger partial charge in [0.15, 0.2) is 0 Å². The molecular weight excluding hydrogens is 352 g/mol. The number of nitrogens with zero attached hydrogens (tertiary/aromatic N) is 1. The molecule has 0 aromatic rings. The van der Waals surface area contributed by atoms with Gasteiger partial charge in [-0.2, -0.15) is 0 Å². The minimum absolute atomic E-state index is 0.0283. The van der Waals surface area contributed by atoms with E-state index in [1.54, 1.807) is 0 Å². The van der Waals surface area contributed by atoms with Crippen LogP contribution >= 0.6 is 0 Å². The molecular formula is C23H36N2O3. The maximum absolute atomic E-state index is 13.5. The number of carbonyl (C=O) groups excluding carboxylic acids is 2. The second kappa shape index (κ2) is 7.23. The molecule has 0 saturated heterocycles. The first-order chi connectivity index (χ1) is 13.4. The standard InChI is InChI=1S/C23H36N2O3/c1-4-14-18(25-28-12-11-24)8-10-23(3)17-7-9-22(2)16(5-6-20(22)27)15(17)13-19(26)21(14)23/h14-17,21H,4-13,24H2,1-3H3/t14-,15-,16-,17-,21?,22-,23+/m0/s1. The van der Waals surface area contributed by atoms with Crippen LogP contribution in [-0.2, 0) is 14.4 Å². The molecule has 1 unspecified atom stereocenters. The molecule has 0 radical (unpaired) electrons. The van der Waals surface area contributed by atoms with E-state index < -0.39 is 0 Å². The van der Waals surface area contributed by atoms with Crippen molar-refractivity contribution >= 4 is 17.3 Å². The number of nitrogens with two attached hydrogens (primary N) is 1. The Balaban J connectivity index is 1.64. The molecule has 4 aliphatic carbocycles. The predicted molar refractivity (Wildman–Crippen MR) is 109 cm³/mol. The van der Waals surface area contributed by atoms with Crippen molar-refractivity contribution in [1.82, 2.24) is 0 Å². The van der Waals surface area contributed by atoms with E-state index >= 15 is 0 Å². The molecule has 0 aromatic carbocycles. The van der Waals surface area contributed by atoms with Crippen LogP contribution < -0.4 is 5.73 Å². The minimum Gasteiger partial charge on any atom is -0.394 e. The van der Waals surface area contributed by atoms with Crippen LogP contribution in [0.2, 0.25) is 0 Å². The Morgan fingerprint density at radius 2 is 1.93 bits per heavy atom. The molecule has 0 heterocycles. The van der Waals surface area contributed by atoms with E-state index in [0.29, 0.717) is 55.3 Å². The molecule has 0 aromatic heterocycles. The van der Waals surface area contributed by atoms with Gasteiger partial charge in [0.05, 0.1) is 5.71 Å². The van der Waals surface area contributed by atoms with E-state index in [9.17, 15) is 9.59 Å².